The van der Waals surface area contributed by atoms with Gasteiger partial charge < -0.3 is 15.5 Å². The fourth-order valence-corrected chi connectivity index (χ4v) is 4.86. The molecule has 2 aliphatic carbocycles. The van der Waals surface area contributed by atoms with Crippen LogP contribution < -0.4 is 10.6 Å². The monoisotopic (exact) mass is 372 g/mol. The van der Waals surface area contributed by atoms with Gasteiger partial charge in [-0.25, -0.2) is 4.39 Å². The fraction of sp³-hybridized carbons (Fsp3) is 0.682. The Hall–Kier alpha value is -1.62. The van der Waals surface area contributed by atoms with Crippen LogP contribution in [0.4, 0.5) is 4.39 Å². The molecule has 2 saturated carbocycles. The largest absolute Gasteiger partial charge is 0.356 e. The molecule has 0 radical (unpaired) electrons. The Balaban J connectivity index is 1.25. The summed E-state index contributed by atoms with van der Waals surface area (Å²) >= 11 is 0. The van der Waals surface area contributed by atoms with E-state index < -0.39 is 0 Å². The predicted octanol–water partition coefficient (Wildman–Crippen LogP) is 3.43. The van der Waals surface area contributed by atoms with Crippen LogP contribution in [0.1, 0.15) is 56.9 Å². The van der Waals surface area contributed by atoms with E-state index in [0.29, 0.717) is 6.04 Å². The molecular formula is C22H33FN4. The summed E-state index contributed by atoms with van der Waals surface area (Å²) in [6.45, 7) is 3.22. The van der Waals surface area contributed by atoms with E-state index in [1.807, 2.05) is 19.2 Å². The van der Waals surface area contributed by atoms with Crippen molar-refractivity contribution in [1.82, 2.24) is 15.5 Å². The van der Waals surface area contributed by atoms with Crippen LogP contribution in [0.5, 0.6) is 0 Å². The van der Waals surface area contributed by atoms with Crippen molar-refractivity contribution in [3.8, 4) is 0 Å². The summed E-state index contributed by atoms with van der Waals surface area (Å²) in [5, 5.41) is 7.12. The topological polar surface area (TPSA) is 39.7 Å². The number of nitrogens with zero attached hydrogens (tertiary/aromatic N) is 2. The zero-order valence-corrected chi connectivity index (χ0v) is 16.5. The van der Waals surface area contributed by atoms with Gasteiger partial charge in [0.15, 0.2) is 5.96 Å². The molecule has 1 heterocycles. The Morgan fingerprint density at radius 3 is 2.56 bits per heavy atom. The number of halogens is 1. The molecule has 0 unspecified atom stereocenters. The summed E-state index contributed by atoms with van der Waals surface area (Å²) in [6.07, 6.45) is 10.2. The van der Waals surface area contributed by atoms with Gasteiger partial charge in [-0.2, -0.15) is 0 Å². The van der Waals surface area contributed by atoms with Crippen LogP contribution in [0.25, 0.3) is 0 Å². The third-order valence-electron chi connectivity index (χ3n) is 6.82. The number of guanidine groups is 1. The van der Waals surface area contributed by atoms with E-state index in [9.17, 15) is 4.39 Å². The van der Waals surface area contributed by atoms with Crippen LogP contribution in [0, 0.1) is 5.82 Å². The standard InChI is InChI=1S/C22H33FN4/c1-24-21(25-16-22(11-12-22)17-5-4-6-18(23)15-17)26-19-9-13-27(14-10-19)20-7-2-3-8-20/h4-6,15,19-20H,2-3,7-14,16H2,1H3,(H2,24,25,26). The Kier molecular flexibility index (Phi) is 5.67. The quantitative estimate of drug-likeness (QED) is 0.614. The van der Waals surface area contributed by atoms with Crippen molar-refractivity contribution in [2.75, 3.05) is 26.7 Å². The number of piperidine rings is 1. The van der Waals surface area contributed by atoms with Crippen molar-refractivity contribution in [3.63, 3.8) is 0 Å². The highest BCUT2D eigenvalue weighted by atomic mass is 19.1. The van der Waals surface area contributed by atoms with E-state index in [4.69, 9.17) is 0 Å². The lowest BCUT2D eigenvalue weighted by molar-refractivity contribution is 0.150. The Morgan fingerprint density at radius 1 is 1.19 bits per heavy atom. The van der Waals surface area contributed by atoms with Gasteiger partial charge in [0.1, 0.15) is 5.82 Å². The lowest BCUT2D eigenvalue weighted by atomic mass is 9.96. The summed E-state index contributed by atoms with van der Waals surface area (Å²) < 4.78 is 13.6. The van der Waals surface area contributed by atoms with Gasteiger partial charge in [-0.15, -0.1) is 0 Å². The first kappa shape index (κ1) is 18.7. The van der Waals surface area contributed by atoms with Gasteiger partial charge in [-0.1, -0.05) is 25.0 Å². The van der Waals surface area contributed by atoms with E-state index in [2.05, 4.69) is 20.5 Å². The Morgan fingerprint density at radius 2 is 1.93 bits per heavy atom. The number of rotatable bonds is 5. The van der Waals surface area contributed by atoms with Crippen LogP contribution in [0.3, 0.4) is 0 Å². The summed E-state index contributed by atoms with van der Waals surface area (Å²) in [5.74, 6) is 0.743. The SMILES string of the molecule is CN=C(NCC1(c2cccc(F)c2)CC1)NC1CCN(C2CCCC2)CC1. The van der Waals surface area contributed by atoms with E-state index in [1.165, 1.54) is 57.7 Å². The maximum Gasteiger partial charge on any atom is 0.191 e. The van der Waals surface area contributed by atoms with Gasteiger partial charge in [0, 0.05) is 44.2 Å². The molecule has 148 valence electrons. The molecule has 5 heteroatoms. The molecule has 0 amide bonds. The highest BCUT2D eigenvalue weighted by Crippen LogP contribution is 2.47. The minimum atomic E-state index is -0.143. The molecule has 0 aromatic heterocycles. The van der Waals surface area contributed by atoms with Crippen molar-refractivity contribution in [2.24, 2.45) is 4.99 Å². The van der Waals surface area contributed by atoms with Gasteiger partial charge in [0.25, 0.3) is 0 Å². The number of hydrogen-bond acceptors (Lipinski definition) is 2. The lowest BCUT2D eigenvalue weighted by Crippen LogP contribution is -2.51. The predicted molar refractivity (Wildman–Crippen MR) is 109 cm³/mol. The average Bonchev–Trinajstić information content (AvgIpc) is 3.29. The van der Waals surface area contributed by atoms with Crippen LogP contribution in [0.15, 0.2) is 29.3 Å². The highest BCUT2D eigenvalue weighted by Gasteiger charge is 2.44. The second-order valence-corrected chi connectivity index (χ2v) is 8.61. The first-order valence-electron chi connectivity index (χ1n) is 10.7. The molecule has 0 spiro atoms. The highest BCUT2D eigenvalue weighted by molar-refractivity contribution is 5.80. The number of benzene rings is 1. The molecule has 3 fully saturated rings. The van der Waals surface area contributed by atoms with Gasteiger partial charge in [-0.05, 0) is 56.2 Å². The summed E-state index contributed by atoms with van der Waals surface area (Å²) in [6, 6.07) is 8.40. The number of nitrogens with one attached hydrogen (secondary N) is 2. The number of hydrogen-bond donors (Lipinski definition) is 2. The zero-order valence-electron chi connectivity index (χ0n) is 16.5. The molecule has 0 atom stereocenters. The van der Waals surface area contributed by atoms with Crippen molar-refractivity contribution >= 4 is 5.96 Å². The molecule has 2 N–H and O–H groups in total. The fourth-order valence-electron chi connectivity index (χ4n) is 4.86. The molecule has 1 aliphatic heterocycles. The third-order valence-corrected chi connectivity index (χ3v) is 6.82. The number of aliphatic imine (C=N–C) groups is 1. The molecule has 1 aromatic rings. The van der Waals surface area contributed by atoms with Crippen LogP contribution in [-0.4, -0.2) is 49.6 Å². The van der Waals surface area contributed by atoms with Crippen molar-refractivity contribution in [1.29, 1.82) is 0 Å². The second-order valence-electron chi connectivity index (χ2n) is 8.61. The van der Waals surface area contributed by atoms with Crippen LogP contribution >= 0.6 is 0 Å². The maximum atomic E-state index is 13.6. The first-order valence-corrected chi connectivity index (χ1v) is 10.7. The molecule has 4 rings (SSSR count). The lowest BCUT2D eigenvalue weighted by Gasteiger charge is -2.36. The molecule has 3 aliphatic rings. The van der Waals surface area contributed by atoms with Gasteiger partial charge >= 0.3 is 0 Å². The van der Waals surface area contributed by atoms with Crippen molar-refractivity contribution in [3.05, 3.63) is 35.6 Å². The van der Waals surface area contributed by atoms with E-state index >= 15 is 0 Å². The summed E-state index contributed by atoms with van der Waals surface area (Å²) in [4.78, 5) is 7.13. The van der Waals surface area contributed by atoms with E-state index in [0.717, 1.165) is 37.0 Å². The minimum absolute atomic E-state index is 0.0750. The maximum absolute atomic E-state index is 13.6. The van der Waals surface area contributed by atoms with Crippen molar-refractivity contribution in [2.45, 2.75) is 68.9 Å². The van der Waals surface area contributed by atoms with Crippen molar-refractivity contribution < 1.29 is 4.39 Å². The molecule has 1 aromatic carbocycles. The first-order chi connectivity index (χ1) is 13.2. The van der Waals surface area contributed by atoms with Gasteiger partial charge in [0.2, 0.25) is 0 Å². The smallest absolute Gasteiger partial charge is 0.191 e. The van der Waals surface area contributed by atoms with Crippen LogP contribution in [-0.2, 0) is 5.41 Å². The summed E-state index contributed by atoms with van der Waals surface area (Å²) in [5.41, 5.74) is 1.18. The van der Waals surface area contributed by atoms with E-state index in [1.54, 1.807) is 6.07 Å². The van der Waals surface area contributed by atoms with E-state index in [-0.39, 0.29) is 11.2 Å². The normalized spacial score (nSPS) is 24.1. The third kappa shape index (κ3) is 4.45. The Bertz CT molecular complexity index is 656. The Labute approximate surface area is 162 Å². The number of likely N-dealkylation sites (tertiary alicyclic amines) is 1. The molecule has 1 saturated heterocycles. The van der Waals surface area contributed by atoms with Crippen LogP contribution in [0.2, 0.25) is 0 Å². The molecular weight excluding hydrogens is 339 g/mol. The van der Waals surface area contributed by atoms with Gasteiger partial charge in [0.05, 0.1) is 0 Å². The zero-order chi connectivity index (χ0) is 18.7. The molecule has 4 nitrogen and oxygen atoms in total. The molecule has 0 bridgehead atoms. The average molecular weight is 373 g/mol. The van der Waals surface area contributed by atoms with Gasteiger partial charge in [-0.3, -0.25) is 4.99 Å². The minimum Gasteiger partial charge on any atom is -0.356 e. The summed E-state index contributed by atoms with van der Waals surface area (Å²) in [7, 11) is 1.84. The molecule has 27 heavy (non-hydrogen) atoms. The second kappa shape index (κ2) is 8.17.